The summed E-state index contributed by atoms with van der Waals surface area (Å²) in [6, 6.07) is 20.5. The summed E-state index contributed by atoms with van der Waals surface area (Å²) in [5.41, 5.74) is 5.49. The van der Waals surface area contributed by atoms with E-state index in [2.05, 4.69) is 79.5 Å². The molecule has 1 atom stereocenters. The Morgan fingerprint density at radius 2 is 1.56 bits per heavy atom. The molecule has 0 aliphatic carbocycles. The van der Waals surface area contributed by atoms with E-state index in [9.17, 15) is 5.11 Å². The van der Waals surface area contributed by atoms with Crippen molar-refractivity contribution in [3.05, 3.63) is 78.5 Å². The quantitative estimate of drug-likeness (QED) is 0.298. The number of ether oxygens (including phenoxy) is 1. The molecular formula is C29H35NO2. The van der Waals surface area contributed by atoms with Crippen molar-refractivity contribution in [2.24, 2.45) is 0 Å². The average molecular weight is 430 g/mol. The van der Waals surface area contributed by atoms with E-state index in [0.29, 0.717) is 6.10 Å². The largest absolute Gasteiger partial charge is 0.506 e. The van der Waals surface area contributed by atoms with Crippen molar-refractivity contribution in [1.29, 1.82) is 0 Å². The number of benzene rings is 2. The van der Waals surface area contributed by atoms with Crippen LogP contribution in [0, 0.1) is 0 Å². The topological polar surface area (TPSA) is 42.4 Å². The van der Waals surface area contributed by atoms with E-state index in [4.69, 9.17) is 4.74 Å². The van der Waals surface area contributed by atoms with Gasteiger partial charge in [0.1, 0.15) is 5.75 Å². The first-order valence-corrected chi connectivity index (χ1v) is 11.8. The molecule has 0 aliphatic heterocycles. The van der Waals surface area contributed by atoms with E-state index in [1.165, 1.54) is 42.1 Å². The highest BCUT2D eigenvalue weighted by Gasteiger charge is 2.03. The second-order valence-electron chi connectivity index (χ2n) is 8.32. The number of pyridine rings is 1. The summed E-state index contributed by atoms with van der Waals surface area (Å²) in [7, 11) is 0. The molecule has 2 aromatic carbocycles. The first kappa shape index (κ1) is 23.7. The van der Waals surface area contributed by atoms with Crippen LogP contribution >= 0.6 is 0 Å². The standard InChI is InChI=1S/C29H35NO2/c1-3-4-8-21-32-23(2)9-6-5-7-10-24-11-13-25(14-12-24)26-15-17-27(18-16-26)29-20-19-28(31)22-30-29/h7,10-20,22-23,31H,3-6,8-9,21H2,1-2H3/b10-7+. The molecule has 0 saturated carbocycles. The lowest BCUT2D eigenvalue weighted by atomic mass is 10.0. The molecule has 1 heterocycles. The van der Waals surface area contributed by atoms with Crippen molar-refractivity contribution in [3.63, 3.8) is 0 Å². The molecule has 3 aromatic rings. The summed E-state index contributed by atoms with van der Waals surface area (Å²) in [5.74, 6) is 0.181. The normalized spacial score (nSPS) is 12.3. The van der Waals surface area contributed by atoms with Gasteiger partial charge >= 0.3 is 0 Å². The molecule has 1 N–H and O–H groups in total. The number of aromatic nitrogens is 1. The lowest BCUT2D eigenvalue weighted by Gasteiger charge is -2.12. The highest BCUT2D eigenvalue weighted by atomic mass is 16.5. The molecular weight excluding hydrogens is 394 g/mol. The SMILES string of the molecule is CCCCCOC(C)CCC/C=C/c1ccc(-c2ccc(-c3ccc(O)cn3)cc2)cc1. The fourth-order valence-electron chi connectivity index (χ4n) is 3.64. The number of allylic oxidation sites excluding steroid dienone is 1. The van der Waals surface area contributed by atoms with E-state index in [0.717, 1.165) is 37.1 Å². The maximum absolute atomic E-state index is 9.39. The van der Waals surface area contributed by atoms with Crippen molar-refractivity contribution < 1.29 is 9.84 Å². The predicted octanol–water partition coefficient (Wildman–Crippen LogP) is 7.90. The van der Waals surface area contributed by atoms with Crippen LogP contribution in [0.15, 0.2) is 72.9 Å². The first-order valence-electron chi connectivity index (χ1n) is 11.8. The van der Waals surface area contributed by atoms with Gasteiger partial charge in [-0.25, -0.2) is 0 Å². The Balaban J connectivity index is 1.45. The van der Waals surface area contributed by atoms with E-state index < -0.39 is 0 Å². The van der Waals surface area contributed by atoms with Crippen LogP contribution in [0.1, 0.15) is 57.9 Å². The number of unbranched alkanes of at least 4 members (excludes halogenated alkanes) is 3. The van der Waals surface area contributed by atoms with Gasteiger partial charge in [-0.1, -0.05) is 80.4 Å². The molecule has 0 radical (unpaired) electrons. The van der Waals surface area contributed by atoms with Crippen LogP contribution in [0.5, 0.6) is 5.75 Å². The van der Waals surface area contributed by atoms with Crippen molar-refractivity contribution >= 4 is 6.08 Å². The fraction of sp³-hybridized carbons (Fsp3) is 0.345. The van der Waals surface area contributed by atoms with Crippen LogP contribution in [0.4, 0.5) is 0 Å². The smallest absolute Gasteiger partial charge is 0.133 e. The van der Waals surface area contributed by atoms with Crippen LogP contribution in [-0.2, 0) is 4.74 Å². The van der Waals surface area contributed by atoms with Gasteiger partial charge in [0.05, 0.1) is 18.0 Å². The second kappa shape index (κ2) is 12.8. The summed E-state index contributed by atoms with van der Waals surface area (Å²) in [6.45, 7) is 5.30. The maximum Gasteiger partial charge on any atom is 0.133 e. The highest BCUT2D eigenvalue weighted by molar-refractivity contribution is 5.70. The molecule has 0 amide bonds. The summed E-state index contributed by atoms with van der Waals surface area (Å²) in [5, 5.41) is 9.39. The molecule has 0 saturated heterocycles. The highest BCUT2D eigenvalue weighted by Crippen LogP contribution is 2.25. The van der Waals surface area contributed by atoms with Crippen LogP contribution in [0.2, 0.25) is 0 Å². The Labute approximate surface area is 192 Å². The van der Waals surface area contributed by atoms with Crippen LogP contribution in [0.25, 0.3) is 28.5 Å². The van der Waals surface area contributed by atoms with Crippen molar-refractivity contribution in [3.8, 4) is 28.1 Å². The van der Waals surface area contributed by atoms with Crippen LogP contribution < -0.4 is 0 Å². The third-order valence-corrected chi connectivity index (χ3v) is 5.61. The van der Waals surface area contributed by atoms with E-state index in [1.807, 2.05) is 6.07 Å². The van der Waals surface area contributed by atoms with E-state index in [-0.39, 0.29) is 5.75 Å². The van der Waals surface area contributed by atoms with Gasteiger partial charge < -0.3 is 9.84 Å². The molecule has 1 aromatic heterocycles. The summed E-state index contributed by atoms with van der Waals surface area (Å²) in [4.78, 5) is 4.27. The average Bonchev–Trinajstić information content (AvgIpc) is 2.83. The Bertz CT molecular complexity index is 944. The molecule has 168 valence electrons. The third-order valence-electron chi connectivity index (χ3n) is 5.61. The number of hydrogen-bond acceptors (Lipinski definition) is 3. The van der Waals surface area contributed by atoms with Gasteiger partial charge in [-0.2, -0.15) is 0 Å². The lowest BCUT2D eigenvalue weighted by molar-refractivity contribution is 0.0566. The van der Waals surface area contributed by atoms with Crippen molar-refractivity contribution in [2.75, 3.05) is 6.61 Å². The van der Waals surface area contributed by atoms with Crippen molar-refractivity contribution in [1.82, 2.24) is 4.98 Å². The molecule has 3 heteroatoms. The summed E-state index contributed by atoms with van der Waals surface area (Å²) in [6.07, 6.45) is 13.3. The Hall–Kier alpha value is -2.91. The van der Waals surface area contributed by atoms with Gasteiger partial charge in [0.15, 0.2) is 0 Å². The zero-order valence-electron chi connectivity index (χ0n) is 19.3. The van der Waals surface area contributed by atoms with Gasteiger partial charge in [0, 0.05) is 12.2 Å². The summed E-state index contributed by atoms with van der Waals surface area (Å²) < 4.78 is 5.86. The van der Waals surface area contributed by atoms with Gasteiger partial charge in [-0.3, -0.25) is 4.98 Å². The Morgan fingerprint density at radius 1 is 0.875 bits per heavy atom. The van der Waals surface area contributed by atoms with Gasteiger partial charge in [-0.15, -0.1) is 0 Å². The van der Waals surface area contributed by atoms with Crippen molar-refractivity contribution in [2.45, 2.75) is 58.5 Å². The molecule has 0 aliphatic rings. The molecule has 3 nitrogen and oxygen atoms in total. The molecule has 32 heavy (non-hydrogen) atoms. The van der Waals surface area contributed by atoms with Gasteiger partial charge in [0.2, 0.25) is 0 Å². The fourth-order valence-corrected chi connectivity index (χ4v) is 3.64. The van der Waals surface area contributed by atoms with Crippen LogP contribution in [-0.4, -0.2) is 22.8 Å². The summed E-state index contributed by atoms with van der Waals surface area (Å²) >= 11 is 0. The number of hydrogen-bond donors (Lipinski definition) is 1. The molecule has 0 fully saturated rings. The second-order valence-corrected chi connectivity index (χ2v) is 8.32. The monoisotopic (exact) mass is 429 g/mol. The van der Waals surface area contributed by atoms with Gasteiger partial charge in [-0.05, 0) is 61.4 Å². The Morgan fingerprint density at radius 3 is 2.22 bits per heavy atom. The minimum Gasteiger partial charge on any atom is -0.506 e. The molecule has 1 unspecified atom stereocenters. The zero-order valence-corrected chi connectivity index (χ0v) is 19.3. The van der Waals surface area contributed by atoms with Crippen LogP contribution in [0.3, 0.4) is 0 Å². The number of rotatable bonds is 12. The maximum atomic E-state index is 9.39. The van der Waals surface area contributed by atoms with E-state index in [1.54, 1.807) is 6.07 Å². The third kappa shape index (κ3) is 7.65. The minimum atomic E-state index is 0.181. The first-order chi connectivity index (χ1) is 15.7. The predicted molar refractivity (Wildman–Crippen MR) is 135 cm³/mol. The molecule has 0 bridgehead atoms. The molecule has 0 spiro atoms. The Kier molecular flexibility index (Phi) is 9.52. The number of nitrogens with zero attached hydrogens (tertiary/aromatic N) is 1. The zero-order chi connectivity index (χ0) is 22.6. The van der Waals surface area contributed by atoms with Gasteiger partial charge in [0.25, 0.3) is 0 Å². The minimum absolute atomic E-state index is 0.181. The number of aromatic hydroxyl groups is 1. The lowest BCUT2D eigenvalue weighted by Crippen LogP contribution is -2.08. The van der Waals surface area contributed by atoms with E-state index >= 15 is 0 Å². The molecule has 3 rings (SSSR count).